The quantitative estimate of drug-likeness (QED) is 0.0341. The van der Waals surface area contributed by atoms with Crippen LogP contribution in [-0.2, 0) is 0 Å². The molecule has 0 bridgehead atoms. The third kappa shape index (κ3) is 25.0. The molecule has 0 amide bonds. The molecule has 8 aromatic carbocycles. The normalized spacial score (nSPS) is 10.9. The maximum absolute atomic E-state index is 9.03. The van der Waals surface area contributed by atoms with Gasteiger partial charge in [0.15, 0.2) is 23.0 Å². The first-order valence-corrected chi connectivity index (χ1v) is 33.2. The minimum Gasteiger partial charge on any atom is -0.494 e. The van der Waals surface area contributed by atoms with E-state index in [0.717, 1.165) is 182 Å². The Balaban J connectivity index is 0.565. The van der Waals surface area contributed by atoms with Crippen LogP contribution in [0.1, 0.15) is 152 Å². The Kier molecular flexibility index (Phi) is 30.3. The van der Waals surface area contributed by atoms with Crippen molar-refractivity contribution >= 4 is 0 Å². The standard InChI is InChI=1S/C80H92N2O8/c81-63-65-31-35-67(36-32-65)69-39-47-73(48-40-69)83-55-19-7-3-1-5-9-23-59-87-77-27-15-17-29-79(77)89-61-25-13-11-21-57-85-75-51-43-71(44-52-75)72-45-53-76(54-46-72)86-58-22-12-14-26-62-90-80-30-18-16-28-78(80)88-60-24-10-6-2-4-8-20-56-84-74-49-41-70(42-50-74)68-37-33-66(64-82)34-38-68/h15-18,27-54H,1-14,19-26,55-62H2. The molecule has 0 unspecified atom stereocenters. The summed E-state index contributed by atoms with van der Waals surface area (Å²) in [6.45, 7) is 5.59. The van der Waals surface area contributed by atoms with E-state index in [4.69, 9.17) is 48.4 Å². The van der Waals surface area contributed by atoms with Crippen LogP contribution < -0.4 is 37.9 Å². The molecule has 0 saturated carbocycles. The second-order valence-electron chi connectivity index (χ2n) is 22.9. The summed E-state index contributed by atoms with van der Waals surface area (Å²) in [6.07, 6.45) is 24.5. The number of hydrogen-bond donors (Lipinski definition) is 0. The van der Waals surface area contributed by atoms with E-state index < -0.39 is 0 Å². The van der Waals surface area contributed by atoms with Crippen molar-refractivity contribution < 1.29 is 37.9 Å². The summed E-state index contributed by atoms with van der Waals surface area (Å²) in [5, 5.41) is 18.1. The predicted octanol–water partition coefficient (Wildman–Crippen LogP) is 20.8. The van der Waals surface area contributed by atoms with Crippen molar-refractivity contribution in [2.75, 3.05) is 52.9 Å². The highest BCUT2D eigenvalue weighted by molar-refractivity contribution is 5.67. The van der Waals surface area contributed by atoms with Gasteiger partial charge in [-0.2, -0.15) is 10.5 Å². The topological polar surface area (TPSA) is 121 Å². The summed E-state index contributed by atoms with van der Waals surface area (Å²) in [4.78, 5) is 0. The second-order valence-corrected chi connectivity index (χ2v) is 22.9. The zero-order chi connectivity index (χ0) is 62.1. The van der Waals surface area contributed by atoms with E-state index in [1.807, 2.05) is 121 Å². The van der Waals surface area contributed by atoms with Crippen molar-refractivity contribution in [3.8, 4) is 91.5 Å². The molecule has 0 spiro atoms. The molecule has 0 aromatic heterocycles. The van der Waals surface area contributed by atoms with Crippen LogP contribution in [0.5, 0.6) is 46.0 Å². The number of nitriles is 2. The Morgan fingerprint density at radius 3 is 0.544 bits per heavy atom. The summed E-state index contributed by atoms with van der Waals surface area (Å²) < 4.78 is 48.8. The molecule has 10 heteroatoms. The summed E-state index contributed by atoms with van der Waals surface area (Å²) >= 11 is 0. The van der Waals surface area contributed by atoms with Gasteiger partial charge >= 0.3 is 0 Å². The van der Waals surface area contributed by atoms with Crippen molar-refractivity contribution in [1.82, 2.24) is 0 Å². The Morgan fingerprint density at radius 2 is 0.356 bits per heavy atom. The van der Waals surface area contributed by atoms with Crippen LogP contribution in [0.25, 0.3) is 33.4 Å². The summed E-state index contributed by atoms with van der Waals surface area (Å²) in [5.74, 6) is 6.88. The third-order valence-electron chi connectivity index (χ3n) is 15.9. The van der Waals surface area contributed by atoms with Crippen LogP contribution in [0.15, 0.2) is 194 Å². The predicted molar refractivity (Wildman–Crippen MR) is 363 cm³/mol. The van der Waals surface area contributed by atoms with E-state index in [9.17, 15) is 0 Å². The highest BCUT2D eigenvalue weighted by Crippen LogP contribution is 2.31. The van der Waals surface area contributed by atoms with Crippen LogP contribution in [-0.4, -0.2) is 52.9 Å². The van der Waals surface area contributed by atoms with Gasteiger partial charge in [0.2, 0.25) is 0 Å². The van der Waals surface area contributed by atoms with Gasteiger partial charge in [-0.05, 0) is 207 Å². The Labute approximate surface area is 536 Å². The van der Waals surface area contributed by atoms with Gasteiger partial charge in [0.05, 0.1) is 76.1 Å². The second kappa shape index (κ2) is 40.6. The van der Waals surface area contributed by atoms with Crippen LogP contribution in [0.4, 0.5) is 0 Å². The highest BCUT2D eigenvalue weighted by atomic mass is 16.5. The average Bonchev–Trinajstić information content (AvgIpc) is 3.38. The Morgan fingerprint density at radius 1 is 0.189 bits per heavy atom. The van der Waals surface area contributed by atoms with Crippen LogP contribution in [0.2, 0.25) is 0 Å². The number of rotatable bonds is 45. The molecule has 470 valence electrons. The van der Waals surface area contributed by atoms with Crippen LogP contribution in [0.3, 0.4) is 0 Å². The molecule has 90 heavy (non-hydrogen) atoms. The fourth-order valence-corrected chi connectivity index (χ4v) is 10.6. The van der Waals surface area contributed by atoms with Gasteiger partial charge < -0.3 is 37.9 Å². The molecule has 0 aliphatic heterocycles. The smallest absolute Gasteiger partial charge is 0.161 e. The van der Waals surface area contributed by atoms with Gasteiger partial charge in [-0.25, -0.2) is 0 Å². The van der Waals surface area contributed by atoms with Crippen molar-refractivity contribution in [3.63, 3.8) is 0 Å². The zero-order valence-electron chi connectivity index (χ0n) is 52.8. The SMILES string of the molecule is N#Cc1ccc(-c2ccc(OCCCCCCCCCOc3ccccc3OCCCCCCOc3ccc(-c4ccc(OCCCCCCOc5ccccc5OCCCCCCCCCOc5ccc(-c6ccc(C#N)cc6)cc5)cc4)cc3)cc2)cc1. The van der Waals surface area contributed by atoms with Crippen molar-refractivity contribution in [3.05, 3.63) is 205 Å². The van der Waals surface area contributed by atoms with E-state index in [2.05, 4.69) is 84.9 Å². The number of para-hydroxylation sites is 4. The molecule has 0 N–H and O–H groups in total. The first-order chi connectivity index (χ1) is 44.6. The van der Waals surface area contributed by atoms with Crippen LogP contribution in [0, 0.1) is 22.7 Å². The van der Waals surface area contributed by atoms with Gasteiger partial charge in [0, 0.05) is 0 Å². The minimum absolute atomic E-state index is 0.670. The first-order valence-electron chi connectivity index (χ1n) is 33.2. The Hall–Kier alpha value is -8.86. The molecule has 0 aliphatic rings. The lowest BCUT2D eigenvalue weighted by molar-refractivity contribution is 0.256. The average molecular weight is 1210 g/mol. The maximum atomic E-state index is 9.03. The van der Waals surface area contributed by atoms with Crippen molar-refractivity contribution in [2.45, 2.75) is 141 Å². The molecule has 10 nitrogen and oxygen atoms in total. The van der Waals surface area contributed by atoms with Crippen LogP contribution >= 0.6 is 0 Å². The van der Waals surface area contributed by atoms with E-state index in [0.29, 0.717) is 50.8 Å². The van der Waals surface area contributed by atoms with E-state index >= 15 is 0 Å². The summed E-state index contributed by atoms with van der Waals surface area (Å²) in [5.41, 5.74) is 8.07. The molecule has 0 heterocycles. The lowest BCUT2D eigenvalue weighted by Gasteiger charge is -2.13. The number of benzene rings is 8. The lowest BCUT2D eigenvalue weighted by Crippen LogP contribution is -2.03. The van der Waals surface area contributed by atoms with Crippen molar-refractivity contribution in [2.24, 2.45) is 0 Å². The van der Waals surface area contributed by atoms with E-state index in [-0.39, 0.29) is 0 Å². The highest BCUT2D eigenvalue weighted by Gasteiger charge is 2.09. The number of unbranched alkanes of at least 4 members (excludes halogenated alkanes) is 18. The lowest BCUT2D eigenvalue weighted by atomic mass is 10.0. The van der Waals surface area contributed by atoms with Gasteiger partial charge in [-0.3, -0.25) is 0 Å². The van der Waals surface area contributed by atoms with Gasteiger partial charge in [-0.15, -0.1) is 0 Å². The maximum Gasteiger partial charge on any atom is 0.161 e. The van der Waals surface area contributed by atoms with Gasteiger partial charge in [-0.1, -0.05) is 161 Å². The molecular weight excluding hydrogens is 1120 g/mol. The van der Waals surface area contributed by atoms with Gasteiger partial charge in [0.25, 0.3) is 0 Å². The third-order valence-corrected chi connectivity index (χ3v) is 15.9. The van der Waals surface area contributed by atoms with E-state index in [1.165, 1.54) is 51.4 Å². The minimum atomic E-state index is 0.670. The molecule has 0 radical (unpaired) electrons. The zero-order valence-corrected chi connectivity index (χ0v) is 52.8. The number of nitrogens with zero attached hydrogens (tertiary/aromatic N) is 2. The number of hydrogen-bond acceptors (Lipinski definition) is 10. The molecule has 8 aromatic rings. The number of ether oxygens (including phenoxy) is 8. The fraction of sp³-hybridized carbons (Fsp3) is 0.375. The molecule has 0 fully saturated rings. The monoisotopic (exact) mass is 1210 g/mol. The van der Waals surface area contributed by atoms with Gasteiger partial charge in [0.1, 0.15) is 23.0 Å². The Bertz CT molecular complexity index is 3070. The largest absolute Gasteiger partial charge is 0.494 e. The molecule has 0 aliphatic carbocycles. The molecular formula is C80H92N2O8. The summed E-state index contributed by atoms with van der Waals surface area (Å²) in [7, 11) is 0. The van der Waals surface area contributed by atoms with Crippen molar-refractivity contribution in [1.29, 1.82) is 10.5 Å². The first kappa shape index (κ1) is 67.1. The molecule has 8 rings (SSSR count). The molecule has 0 atom stereocenters. The van der Waals surface area contributed by atoms with E-state index in [1.54, 1.807) is 0 Å². The fourth-order valence-electron chi connectivity index (χ4n) is 10.6. The molecule has 0 saturated heterocycles. The summed E-state index contributed by atoms with van der Waals surface area (Å²) in [6, 6.07) is 68.8.